The molecule has 7 heteroatoms. The van der Waals surface area contributed by atoms with Gasteiger partial charge in [-0.3, -0.25) is 9.59 Å². The number of aliphatic hydroxyl groups excluding tert-OH is 1. The summed E-state index contributed by atoms with van der Waals surface area (Å²) in [5.74, 6) is -0.679. The summed E-state index contributed by atoms with van der Waals surface area (Å²) in [5.41, 5.74) is 0. The Kier molecular flexibility index (Phi) is 3.66. The summed E-state index contributed by atoms with van der Waals surface area (Å²) in [6.45, 7) is 1.27. The molecular weight excluding hydrogens is 266 g/mol. The fourth-order valence-corrected chi connectivity index (χ4v) is 1.86. The van der Waals surface area contributed by atoms with Gasteiger partial charge < -0.3 is 5.11 Å². The summed E-state index contributed by atoms with van der Waals surface area (Å²) in [5, 5.41) is 19.0. The molecule has 82 valence electrons. The molecule has 1 aliphatic heterocycles. The monoisotopic (exact) mass is 275 g/mol. The second kappa shape index (κ2) is 4.59. The van der Waals surface area contributed by atoms with Crippen LogP contribution >= 0.6 is 16.1 Å². The van der Waals surface area contributed by atoms with E-state index in [1.54, 1.807) is 6.07 Å². The van der Waals surface area contributed by atoms with Crippen LogP contribution in [0.3, 0.4) is 0 Å². The molecule has 0 radical (unpaired) electrons. The molecule has 0 saturated carbocycles. The zero-order chi connectivity index (χ0) is 11.6. The van der Waals surface area contributed by atoms with Gasteiger partial charge in [0.1, 0.15) is 0 Å². The SMILES string of the molecule is CC(=O)N(Br)N1C(=O)CCC1C(O)C#N. The van der Waals surface area contributed by atoms with Crippen LogP contribution in [0.15, 0.2) is 0 Å². The molecule has 1 saturated heterocycles. The minimum Gasteiger partial charge on any atom is -0.376 e. The Morgan fingerprint density at radius 1 is 1.87 bits per heavy atom. The first-order valence-electron chi connectivity index (χ1n) is 4.35. The van der Waals surface area contributed by atoms with Gasteiger partial charge in [0.15, 0.2) is 6.10 Å². The highest BCUT2D eigenvalue weighted by Crippen LogP contribution is 2.25. The lowest BCUT2D eigenvalue weighted by Gasteiger charge is -2.30. The maximum absolute atomic E-state index is 11.4. The number of hydrazine groups is 1. The highest BCUT2D eigenvalue weighted by Gasteiger charge is 2.40. The Hall–Kier alpha value is -1.13. The smallest absolute Gasteiger partial charge is 0.248 e. The Balaban J connectivity index is 2.87. The lowest BCUT2D eigenvalue weighted by atomic mass is 10.1. The number of carbonyl (C=O) groups is 2. The number of rotatable bonds is 2. The van der Waals surface area contributed by atoms with Crippen molar-refractivity contribution < 1.29 is 14.7 Å². The molecule has 15 heavy (non-hydrogen) atoms. The maximum atomic E-state index is 11.4. The van der Waals surface area contributed by atoms with Crippen LogP contribution in [0.2, 0.25) is 0 Å². The molecule has 0 spiro atoms. The molecule has 0 aromatic rings. The third kappa shape index (κ3) is 2.27. The second-order valence-corrected chi connectivity index (χ2v) is 3.87. The number of hydrogen-bond acceptors (Lipinski definition) is 4. The van der Waals surface area contributed by atoms with Crippen molar-refractivity contribution in [2.75, 3.05) is 0 Å². The average Bonchev–Trinajstić information content (AvgIpc) is 2.57. The third-order valence-corrected chi connectivity index (χ3v) is 3.01. The predicted octanol–water partition coefficient (Wildman–Crippen LogP) is -0.0647. The number of hydrogen-bond donors (Lipinski definition) is 1. The first-order valence-corrected chi connectivity index (χ1v) is 5.06. The summed E-state index contributed by atoms with van der Waals surface area (Å²) in [7, 11) is 0. The van der Waals surface area contributed by atoms with Gasteiger partial charge in [-0.15, -0.1) is 0 Å². The molecule has 1 fully saturated rings. The van der Waals surface area contributed by atoms with Crippen molar-refractivity contribution in [1.29, 1.82) is 5.26 Å². The van der Waals surface area contributed by atoms with Crippen LogP contribution in [0.25, 0.3) is 0 Å². The quantitative estimate of drug-likeness (QED) is 0.565. The predicted molar refractivity (Wildman–Crippen MR) is 52.9 cm³/mol. The first-order chi connectivity index (χ1) is 6.99. The van der Waals surface area contributed by atoms with Gasteiger partial charge in [0.25, 0.3) is 0 Å². The average molecular weight is 276 g/mol. The third-order valence-electron chi connectivity index (χ3n) is 2.17. The van der Waals surface area contributed by atoms with Crippen LogP contribution in [0, 0.1) is 11.3 Å². The van der Waals surface area contributed by atoms with Gasteiger partial charge in [-0.05, 0) is 6.42 Å². The van der Waals surface area contributed by atoms with Gasteiger partial charge in [-0.2, -0.15) is 9.30 Å². The number of nitrogens with zero attached hydrogens (tertiary/aromatic N) is 3. The molecule has 6 nitrogen and oxygen atoms in total. The zero-order valence-corrected chi connectivity index (χ0v) is 9.64. The van der Waals surface area contributed by atoms with Crippen LogP contribution in [-0.4, -0.2) is 38.1 Å². The maximum Gasteiger partial charge on any atom is 0.248 e. The van der Waals surface area contributed by atoms with E-state index in [9.17, 15) is 14.7 Å². The first kappa shape index (κ1) is 11.9. The number of nitriles is 1. The lowest BCUT2D eigenvalue weighted by molar-refractivity contribution is -0.151. The van der Waals surface area contributed by atoms with Crippen molar-refractivity contribution in [2.45, 2.75) is 31.9 Å². The molecule has 2 amide bonds. The number of aliphatic hydroxyl groups is 1. The number of carbonyl (C=O) groups excluding carboxylic acids is 2. The van der Waals surface area contributed by atoms with Crippen molar-refractivity contribution in [2.24, 2.45) is 0 Å². The van der Waals surface area contributed by atoms with E-state index in [-0.39, 0.29) is 18.2 Å². The molecule has 1 heterocycles. The van der Waals surface area contributed by atoms with Crippen molar-refractivity contribution >= 4 is 28.0 Å². The largest absolute Gasteiger partial charge is 0.376 e. The second-order valence-electron chi connectivity index (χ2n) is 3.20. The minimum absolute atomic E-state index is 0.221. The van der Waals surface area contributed by atoms with Gasteiger partial charge >= 0.3 is 0 Å². The van der Waals surface area contributed by atoms with Crippen molar-refractivity contribution in [3.63, 3.8) is 0 Å². The summed E-state index contributed by atoms with van der Waals surface area (Å²) >= 11 is 2.92. The summed E-state index contributed by atoms with van der Waals surface area (Å²) in [6.07, 6.45) is -0.697. The van der Waals surface area contributed by atoms with Crippen molar-refractivity contribution in [1.82, 2.24) is 9.04 Å². The Morgan fingerprint density at radius 3 is 2.93 bits per heavy atom. The van der Waals surface area contributed by atoms with Gasteiger partial charge in [0, 0.05) is 13.3 Å². The normalized spacial score (nSPS) is 22.4. The highest BCUT2D eigenvalue weighted by molar-refractivity contribution is 9.07. The lowest BCUT2D eigenvalue weighted by Crippen LogP contribution is -2.48. The van der Waals surface area contributed by atoms with E-state index in [4.69, 9.17) is 5.26 Å². The van der Waals surface area contributed by atoms with E-state index < -0.39 is 12.1 Å². The standard InChI is InChI=1S/C8H10BrN3O3/c1-5(13)12(9)11-6(7(14)4-10)2-3-8(11)15/h6-7,14H,2-3H2,1H3. The van der Waals surface area contributed by atoms with Crippen LogP contribution in [0.1, 0.15) is 19.8 Å². The molecule has 0 aliphatic carbocycles. The van der Waals surface area contributed by atoms with Gasteiger partial charge in [-0.25, -0.2) is 5.01 Å². The van der Waals surface area contributed by atoms with Crippen LogP contribution in [0.4, 0.5) is 0 Å². The van der Waals surface area contributed by atoms with Crippen molar-refractivity contribution in [3.05, 3.63) is 0 Å². The van der Waals surface area contributed by atoms with E-state index in [0.29, 0.717) is 6.42 Å². The van der Waals surface area contributed by atoms with E-state index in [1.165, 1.54) is 6.92 Å². The van der Waals surface area contributed by atoms with E-state index in [0.717, 1.165) is 9.04 Å². The summed E-state index contributed by atoms with van der Waals surface area (Å²) < 4.78 is 0.952. The topological polar surface area (TPSA) is 84.6 Å². The molecule has 1 aliphatic rings. The molecule has 0 aromatic heterocycles. The molecule has 2 unspecified atom stereocenters. The van der Waals surface area contributed by atoms with Gasteiger partial charge in [0.05, 0.1) is 28.3 Å². The molecule has 0 bridgehead atoms. The van der Waals surface area contributed by atoms with E-state index >= 15 is 0 Å². The summed E-state index contributed by atoms with van der Waals surface area (Å²) in [6, 6.07) is 0.993. The highest BCUT2D eigenvalue weighted by atomic mass is 79.9. The molecule has 1 rings (SSSR count). The van der Waals surface area contributed by atoms with Crippen LogP contribution in [-0.2, 0) is 9.59 Å². The van der Waals surface area contributed by atoms with Crippen LogP contribution < -0.4 is 0 Å². The van der Waals surface area contributed by atoms with Gasteiger partial charge in [0.2, 0.25) is 11.8 Å². The minimum atomic E-state index is -1.28. The van der Waals surface area contributed by atoms with Crippen molar-refractivity contribution in [3.8, 4) is 6.07 Å². The van der Waals surface area contributed by atoms with E-state index in [2.05, 4.69) is 16.1 Å². The number of halogens is 1. The summed E-state index contributed by atoms with van der Waals surface area (Å²) in [4.78, 5) is 22.5. The van der Waals surface area contributed by atoms with Gasteiger partial charge in [-0.1, -0.05) is 0 Å². The fourth-order valence-electron chi connectivity index (χ4n) is 1.45. The molecule has 1 N–H and O–H groups in total. The van der Waals surface area contributed by atoms with E-state index in [1.807, 2.05) is 0 Å². The molecule has 0 aromatic carbocycles. The fraction of sp³-hybridized carbons (Fsp3) is 0.625. The molecule has 2 atom stereocenters. The number of amides is 2. The Morgan fingerprint density at radius 2 is 2.47 bits per heavy atom. The zero-order valence-electron chi connectivity index (χ0n) is 8.05. The Bertz CT molecular complexity index is 328. The van der Waals surface area contributed by atoms with Crippen LogP contribution in [0.5, 0.6) is 0 Å². The Labute approximate surface area is 95.4 Å². The molecular formula is C8H10BrN3O3.